The number of anilines is 2. The smallest absolute Gasteiger partial charge is 0.151 e. The zero-order valence-corrected chi connectivity index (χ0v) is 10.2. The lowest BCUT2D eigenvalue weighted by atomic mass is 10.0. The van der Waals surface area contributed by atoms with Crippen LogP contribution in [-0.2, 0) is 13.0 Å². The van der Waals surface area contributed by atoms with Gasteiger partial charge in [0, 0.05) is 18.8 Å². The molecule has 3 rings (SSSR count). The van der Waals surface area contributed by atoms with Gasteiger partial charge in [-0.3, -0.25) is 4.98 Å². The molecule has 0 bridgehead atoms. The molecule has 1 aromatic carbocycles. The Morgan fingerprint density at radius 1 is 1.17 bits per heavy atom. The van der Waals surface area contributed by atoms with Crippen LogP contribution < -0.4 is 10.6 Å². The summed E-state index contributed by atoms with van der Waals surface area (Å²) in [4.78, 5) is 11.0. The van der Waals surface area contributed by atoms with Gasteiger partial charge in [0.2, 0.25) is 0 Å². The molecule has 2 heterocycles. The highest BCUT2D eigenvalue weighted by Crippen LogP contribution is 2.31. The fourth-order valence-electron chi connectivity index (χ4n) is 2.36. The van der Waals surface area contributed by atoms with E-state index in [4.69, 9.17) is 5.73 Å². The van der Waals surface area contributed by atoms with Gasteiger partial charge in [0.1, 0.15) is 0 Å². The minimum absolute atomic E-state index is 0.434. The molecule has 1 aromatic heterocycles. The normalized spacial score (nSPS) is 14.4. The number of fused-ring (bicyclic) bond motifs is 1. The SMILES string of the molecule is NCc1cnc(N2CCCc3ccccc32)cn1. The van der Waals surface area contributed by atoms with Crippen LogP contribution in [0.15, 0.2) is 36.7 Å². The van der Waals surface area contributed by atoms with Crippen LogP contribution >= 0.6 is 0 Å². The molecular formula is C14H16N4. The van der Waals surface area contributed by atoms with Crippen molar-refractivity contribution in [2.45, 2.75) is 19.4 Å². The van der Waals surface area contributed by atoms with Gasteiger partial charge in [-0.1, -0.05) is 18.2 Å². The van der Waals surface area contributed by atoms with Crippen molar-refractivity contribution in [3.8, 4) is 0 Å². The van der Waals surface area contributed by atoms with E-state index in [-0.39, 0.29) is 0 Å². The molecule has 0 unspecified atom stereocenters. The molecule has 0 saturated carbocycles. The molecular weight excluding hydrogens is 224 g/mol. The van der Waals surface area contributed by atoms with Crippen molar-refractivity contribution in [1.29, 1.82) is 0 Å². The number of aromatic nitrogens is 2. The quantitative estimate of drug-likeness (QED) is 0.872. The zero-order chi connectivity index (χ0) is 12.4. The van der Waals surface area contributed by atoms with Crippen LogP contribution in [0.5, 0.6) is 0 Å². The van der Waals surface area contributed by atoms with Gasteiger partial charge < -0.3 is 10.6 Å². The molecule has 1 aliphatic heterocycles. The molecule has 1 aliphatic rings. The predicted octanol–water partition coefficient (Wildman–Crippen LogP) is 2.02. The summed E-state index contributed by atoms with van der Waals surface area (Å²) >= 11 is 0. The van der Waals surface area contributed by atoms with Crippen molar-refractivity contribution in [2.24, 2.45) is 5.73 Å². The number of nitrogens with two attached hydrogens (primary N) is 1. The summed E-state index contributed by atoms with van der Waals surface area (Å²) < 4.78 is 0. The van der Waals surface area contributed by atoms with E-state index in [0.717, 1.165) is 30.9 Å². The fraction of sp³-hybridized carbons (Fsp3) is 0.286. The van der Waals surface area contributed by atoms with Gasteiger partial charge in [-0.15, -0.1) is 0 Å². The minimum Gasteiger partial charge on any atom is -0.325 e. The van der Waals surface area contributed by atoms with E-state index in [1.165, 1.54) is 11.3 Å². The topological polar surface area (TPSA) is 55.0 Å². The Bertz CT molecular complexity index is 536. The summed E-state index contributed by atoms with van der Waals surface area (Å²) in [5.74, 6) is 0.902. The lowest BCUT2D eigenvalue weighted by molar-refractivity contribution is 0.756. The monoisotopic (exact) mass is 240 g/mol. The second-order valence-electron chi connectivity index (χ2n) is 4.45. The van der Waals surface area contributed by atoms with Crippen LogP contribution in [0.2, 0.25) is 0 Å². The number of nitrogens with zero attached hydrogens (tertiary/aromatic N) is 3. The third kappa shape index (κ3) is 1.95. The Hall–Kier alpha value is -1.94. The van der Waals surface area contributed by atoms with Gasteiger partial charge in [0.15, 0.2) is 5.82 Å². The standard InChI is InChI=1S/C14H16N4/c15-8-12-9-17-14(10-16-12)18-7-3-5-11-4-1-2-6-13(11)18/h1-2,4,6,9-10H,3,5,7-8,15H2. The Kier molecular flexibility index (Phi) is 2.94. The summed E-state index contributed by atoms with van der Waals surface area (Å²) in [7, 11) is 0. The number of benzene rings is 1. The van der Waals surface area contributed by atoms with E-state index in [0.29, 0.717) is 6.54 Å². The fourth-order valence-corrected chi connectivity index (χ4v) is 2.36. The molecule has 4 nitrogen and oxygen atoms in total. The van der Waals surface area contributed by atoms with Crippen molar-refractivity contribution < 1.29 is 0 Å². The molecule has 18 heavy (non-hydrogen) atoms. The van der Waals surface area contributed by atoms with E-state index in [1.54, 1.807) is 6.20 Å². The highest BCUT2D eigenvalue weighted by molar-refractivity contribution is 5.64. The first-order chi connectivity index (χ1) is 8.88. The van der Waals surface area contributed by atoms with Gasteiger partial charge in [-0.05, 0) is 24.5 Å². The molecule has 0 aliphatic carbocycles. The Labute approximate surface area is 106 Å². The third-order valence-corrected chi connectivity index (χ3v) is 3.29. The lowest BCUT2D eigenvalue weighted by Gasteiger charge is -2.30. The molecule has 0 fully saturated rings. The number of aryl methyl sites for hydroxylation is 1. The summed E-state index contributed by atoms with van der Waals surface area (Å²) in [6, 6.07) is 8.49. The van der Waals surface area contributed by atoms with E-state index in [1.807, 2.05) is 6.20 Å². The average molecular weight is 240 g/mol. The molecule has 0 spiro atoms. The second-order valence-corrected chi connectivity index (χ2v) is 4.45. The second kappa shape index (κ2) is 4.74. The molecule has 2 N–H and O–H groups in total. The van der Waals surface area contributed by atoms with Gasteiger partial charge >= 0.3 is 0 Å². The third-order valence-electron chi connectivity index (χ3n) is 3.29. The summed E-state index contributed by atoms with van der Waals surface area (Å²) in [5, 5.41) is 0. The maximum atomic E-state index is 5.54. The maximum Gasteiger partial charge on any atom is 0.151 e. The molecule has 4 heteroatoms. The lowest BCUT2D eigenvalue weighted by Crippen LogP contribution is -2.25. The van der Waals surface area contributed by atoms with Crippen molar-refractivity contribution in [2.75, 3.05) is 11.4 Å². The van der Waals surface area contributed by atoms with Crippen molar-refractivity contribution in [3.05, 3.63) is 47.9 Å². The summed E-state index contributed by atoms with van der Waals surface area (Å²) in [6.45, 7) is 1.43. The van der Waals surface area contributed by atoms with Crippen LogP contribution in [-0.4, -0.2) is 16.5 Å². The highest BCUT2D eigenvalue weighted by atomic mass is 15.2. The first kappa shape index (κ1) is 11.2. The molecule has 0 amide bonds. The van der Waals surface area contributed by atoms with Crippen LogP contribution in [0, 0.1) is 0 Å². The van der Waals surface area contributed by atoms with Crippen molar-refractivity contribution >= 4 is 11.5 Å². The molecule has 0 saturated heterocycles. The van der Waals surface area contributed by atoms with E-state index < -0.39 is 0 Å². The highest BCUT2D eigenvalue weighted by Gasteiger charge is 2.18. The molecule has 0 radical (unpaired) electrons. The van der Waals surface area contributed by atoms with Gasteiger partial charge in [-0.25, -0.2) is 4.98 Å². The van der Waals surface area contributed by atoms with Gasteiger partial charge in [0.25, 0.3) is 0 Å². The van der Waals surface area contributed by atoms with Crippen LogP contribution in [0.25, 0.3) is 0 Å². The molecule has 0 atom stereocenters. The van der Waals surface area contributed by atoms with E-state index >= 15 is 0 Å². The Morgan fingerprint density at radius 3 is 2.83 bits per heavy atom. The maximum absolute atomic E-state index is 5.54. The van der Waals surface area contributed by atoms with Crippen molar-refractivity contribution in [1.82, 2.24) is 9.97 Å². The Morgan fingerprint density at radius 2 is 2.06 bits per heavy atom. The molecule has 2 aromatic rings. The van der Waals surface area contributed by atoms with E-state index in [9.17, 15) is 0 Å². The Balaban J connectivity index is 1.97. The summed E-state index contributed by atoms with van der Waals surface area (Å²) in [6.07, 6.45) is 5.86. The van der Waals surface area contributed by atoms with Crippen LogP contribution in [0.4, 0.5) is 11.5 Å². The van der Waals surface area contributed by atoms with Gasteiger partial charge in [-0.2, -0.15) is 0 Å². The van der Waals surface area contributed by atoms with Gasteiger partial charge in [0.05, 0.1) is 18.1 Å². The number of rotatable bonds is 2. The minimum atomic E-state index is 0.434. The van der Waals surface area contributed by atoms with Crippen LogP contribution in [0.1, 0.15) is 17.7 Å². The first-order valence-corrected chi connectivity index (χ1v) is 6.25. The summed E-state index contributed by atoms with van der Waals surface area (Å²) in [5.41, 5.74) is 8.99. The number of hydrogen-bond acceptors (Lipinski definition) is 4. The number of para-hydroxylation sites is 1. The van der Waals surface area contributed by atoms with E-state index in [2.05, 4.69) is 39.1 Å². The first-order valence-electron chi connectivity index (χ1n) is 6.25. The molecule has 92 valence electrons. The van der Waals surface area contributed by atoms with Crippen LogP contribution in [0.3, 0.4) is 0 Å². The predicted molar refractivity (Wildman–Crippen MR) is 71.7 cm³/mol. The largest absolute Gasteiger partial charge is 0.325 e. The number of hydrogen-bond donors (Lipinski definition) is 1. The average Bonchev–Trinajstić information content (AvgIpc) is 2.47. The zero-order valence-electron chi connectivity index (χ0n) is 10.2. The van der Waals surface area contributed by atoms with Crippen molar-refractivity contribution in [3.63, 3.8) is 0 Å².